The molecular weight excluding hydrogens is 208 g/mol. The summed E-state index contributed by atoms with van der Waals surface area (Å²) in [7, 11) is 0. The summed E-state index contributed by atoms with van der Waals surface area (Å²) in [6.45, 7) is 3.22. The third kappa shape index (κ3) is 2.21. The molecule has 1 aromatic heterocycles. The molecule has 1 fully saturated rings. The molecule has 1 saturated heterocycles. The van der Waals surface area contributed by atoms with Gasteiger partial charge in [0.25, 0.3) is 5.56 Å². The molecular formula is C10H14N4O2. The molecule has 0 radical (unpaired) electrons. The average molecular weight is 222 g/mol. The second kappa shape index (κ2) is 4.34. The predicted molar refractivity (Wildman–Crippen MR) is 60.3 cm³/mol. The van der Waals surface area contributed by atoms with E-state index in [0.29, 0.717) is 24.5 Å². The molecule has 0 unspecified atom stereocenters. The molecule has 16 heavy (non-hydrogen) atoms. The van der Waals surface area contributed by atoms with E-state index in [9.17, 15) is 4.79 Å². The van der Waals surface area contributed by atoms with Gasteiger partial charge in [-0.05, 0) is 6.92 Å². The van der Waals surface area contributed by atoms with Gasteiger partial charge in [0, 0.05) is 32.0 Å². The van der Waals surface area contributed by atoms with Crippen molar-refractivity contribution < 1.29 is 5.21 Å². The summed E-state index contributed by atoms with van der Waals surface area (Å²) >= 11 is 0. The quantitative estimate of drug-likeness (QED) is 0.535. The molecule has 0 aromatic carbocycles. The van der Waals surface area contributed by atoms with E-state index < -0.39 is 0 Å². The Morgan fingerprint density at radius 2 is 2.19 bits per heavy atom. The average Bonchev–Trinajstić information content (AvgIpc) is 2.28. The second-order valence-electron chi connectivity index (χ2n) is 3.84. The fourth-order valence-corrected chi connectivity index (χ4v) is 1.82. The van der Waals surface area contributed by atoms with E-state index in [1.54, 1.807) is 6.92 Å². The molecule has 2 N–H and O–H groups in total. The molecule has 1 aliphatic rings. The first-order valence-corrected chi connectivity index (χ1v) is 5.22. The van der Waals surface area contributed by atoms with Crippen LogP contribution in [0.3, 0.4) is 0 Å². The van der Waals surface area contributed by atoms with Crippen LogP contribution in [0.4, 0.5) is 5.82 Å². The van der Waals surface area contributed by atoms with Crippen LogP contribution >= 0.6 is 0 Å². The van der Waals surface area contributed by atoms with Crippen molar-refractivity contribution in [3.05, 3.63) is 22.2 Å². The fourth-order valence-electron chi connectivity index (χ4n) is 1.82. The molecule has 0 saturated carbocycles. The zero-order chi connectivity index (χ0) is 11.5. The summed E-state index contributed by atoms with van der Waals surface area (Å²) in [5, 5.41) is 11.8. The Kier molecular flexibility index (Phi) is 2.89. The number of oxime groups is 1. The molecule has 0 aliphatic carbocycles. The number of aromatic amines is 1. The van der Waals surface area contributed by atoms with Crippen LogP contribution in [-0.2, 0) is 0 Å². The van der Waals surface area contributed by atoms with Gasteiger partial charge in [-0.25, -0.2) is 4.98 Å². The smallest absolute Gasteiger partial charge is 0.252 e. The molecule has 0 atom stereocenters. The van der Waals surface area contributed by atoms with Crippen LogP contribution in [0.25, 0.3) is 0 Å². The number of nitrogens with one attached hydrogen (secondary N) is 1. The van der Waals surface area contributed by atoms with Crippen LogP contribution in [0.2, 0.25) is 0 Å². The van der Waals surface area contributed by atoms with Gasteiger partial charge in [0.1, 0.15) is 11.6 Å². The molecule has 2 rings (SSSR count). The molecule has 0 amide bonds. The lowest BCUT2D eigenvalue weighted by Gasteiger charge is -2.27. The van der Waals surface area contributed by atoms with Crippen molar-refractivity contribution in [2.45, 2.75) is 19.8 Å². The maximum Gasteiger partial charge on any atom is 0.252 e. The number of anilines is 1. The zero-order valence-electron chi connectivity index (χ0n) is 9.10. The van der Waals surface area contributed by atoms with Crippen LogP contribution in [0.15, 0.2) is 16.0 Å². The number of piperidine rings is 1. The van der Waals surface area contributed by atoms with Crippen molar-refractivity contribution in [3.8, 4) is 0 Å². The molecule has 86 valence electrons. The molecule has 2 heterocycles. The third-order valence-corrected chi connectivity index (χ3v) is 2.65. The highest BCUT2D eigenvalue weighted by Gasteiger charge is 2.17. The Hall–Kier alpha value is -1.85. The number of nitrogens with zero attached hydrogens (tertiary/aromatic N) is 3. The number of hydrogen-bond acceptors (Lipinski definition) is 5. The van der Waals surface area contributed by atoms with Crippen LogP contribution in [0, 0.1) is 6.92 Å². The van der Waals surface area contributed by atoms with Crippen molar-refractivity contribution in [2.75, 3.05) is 18.0 Å². The molecule has 6 nitrogen and oxygen atoms in total. The van der Waals surface area contributed by atoms with Crippen LogP contribution in [0.5, 0.6) is 0 Å². The van der Waals surface area contributed by atoms with Crippen molar-refractivity contribution in [1.29, 1.82) is 0 Å². The molecule has 1 aromatic rings. The first-order chi connectivity index (χ1) is 7.69. The zero-order valence-corrected chi connectivity index (χ0v) is 9.10. The number of aryl methyl sites for hydroxylation is 1. The summed E-state index contributed by atoms with van der Waals surface area (Å²) in [5.41, 5.74) is 0.668. The highest BCUT2D eigenvalue weighted by atomic mass is 16.4. The van der Waals surface area contributed by atoms with Crippen LogP contribution in [0.1, 0.15) is 18.7 Å². The summed E-state index contributed by atoms with van der Waals surface area (Å²) < 4.78 is 0. The standard InChI is InChI=1S/C10H14N4O2/c1-7-11-9(6-10(15)12-7)14-4-2-8(13-16)3-5-14/h6,16H,2-5H2,1H3,(H,11,12,15). The monoisotopic (exact) mass is 222 g/mol. The minimum absolute atomic E-state index is 0.135. The topological polar surface area (TPSA) is 81.6 Å². The minimum atomic E-state index is -0.135. The normalized spacial score (nSPS) is 16.3. The van der Waals surface area contributed by atoms with Gasteiger partial charge in [-0.3, -0.25) is 4.79 Å². The maximum absolute atomic E-state index is 11.3. The van der Waals surface area contributed by atoms with Gasteiger partial charge < -0.3 is 15.1 Å². The van der Waals surface area contributed by atoms with Crippen molar-refractivity contribution in [3.63, 3.8) is 0 Å². The second-order valence-corrected chi connectivity index (χ2v) is 3.84. The van der Waals surface area contributed by atoms with Crippen LogP contribution in [-0.4, -0.2) is 34.0 Å². The summed E-state index contributed by atoms with van der Waals surface area (Å²) in [5.74, 6) is 1.31. The lowest BCUT2D eigenvalue weighted by Crippen LogP contribution is -2.35. The van der Waals surface area contributed by atoms with E-state index in [4.69, 9.17) is 5.21 Å². The minimum Gasteiger partial charge on any atom is -0.411 e. The Labute approximate surface area is 92.6 Å². The summed E-state index contributed by atoms with van der Waals surface area (Å²) in [6.07, 6.45) is 1.42. The molecule has 1 aliphatic heterocycles. The maximum atomic E-state index is 11.3. The number of hydrogen-bond donors (Lipinski definition) is 2. The lowest BCUT2D eigenvalue weighted by molar-refractivity contribution is 0.315. The molecule has 0 spiro atoms. The van der Waals surface area contributed by atoms with Gasteiger partial charge in [-0.2, -0.15) is 0 Å². The largest absolute Gasteiger partial charge is 0.411 e. The van der Waals surface area contributed by atoms with Crippen LogP contribution < -0.4 is 10.5 Å². The van der Waals surface area contributed by atoms with Gasteiger partial charge in [0.05, 0.1) is 5.71 Å². The third-order valence-electron chi connectivity index (χ3n) is 2.65. The Morgan fingerprint density at radius 1 is 1.50 bits per heavy atom. The first kappa shape index (κ1) is 10.7. The van der Waals surface area contributed by atoms with Crippen molar-refractivity contribution in [1.82, 2.24) is 9.97 Å². The van der Waals surface area contributed by atoms with Gasteiger partial charge >= 0.3 is 0 Å². The lowest BCUT2D eigenvalue weighted by atomic mass is 10.1. The van der Waals surface area contributed by atoms with E-state index in [-0.39, 0.29) is 5.56 Å². The van der Waals surface area contributed by atoms with E-state index >= 15 is 0 Å². The van der Waals surface area contributed by atoms with Gasteiger partial charge in [0.15, 0.2) is 0 Å². The highest BCUT2D eigenvalue weighted by Crippen LogP contribution is 2.14. The van der Waals surface area contributed by atoms with Gasteiger partial charge in [0.2, 0.25) is 0 Å². The van der Waals surface area contributed by atoms with Gasteiger partial charge in [-0.15, -0.1) is 0 Å². The first-order valence-electron chi connectivity index (χ1n) is 5.22. The van der Waals surface area contributed by atoms with E-state index in [2.05, 4.69) is 15.1 Å². The van der Waals surface area contributed by atoms with Gasteiger partial charge in [-0.1, -0.05) is 5.16 Å². The SMILES string of the molecule is Cc1nc(N2CCC(=NO)CC2)cc(=O)[nH]1. The summed E-state index contributed by atoms with van der Waals surface area (Å²) in [4.78, 5) is 20.2. The Morgan fingerprint density at radius 3 is 2.75 bits per heavy atom. The number of H-pyrrole nitrogens is 1. The highest BCUT2D eigenvalue weighted by molar-refractivity contribution is 5.85. The van der Waals surface area contributed by atoms with Crippen molar-refractivity contribution in [2.24, 2.45) is 5.16 Å². The van der Waals surface area contributed by atoms with E-state index in [1.165, 1.54) is 6.07 Å². The number of aromatic nitrogens is 2. The predicted octanol–water partition coefficient (Wildman–Crippen LogP) is 0.509. The summed E-state index contributed by atoms with van der Waals surface area (Å²) in [6, 6.07) is 1.49. The van der Waals surface area contributed by atoms with E-state index in [0.717, 1.165) is 18.8 Å². The Bertz CT molecular complexity index is 456. The molecule has 0 bridgehead atoms. The fraction of sp³-hybridized carbons (Fsp3) is 0.500. The number of rotatable bonds is 1. The Balaban J connectivity index is 2.17. The van der Waals surface area contributed by atoms with Crippen molar-refractivity contribution >= 4 is 11.5 Å². The molecule has 6 heteroatoms. The van der Waals surface area contributed by atoms with E-state index in [1.807, 2.05) is 4.90 Å².